The zero-order valence-corrected chi connectivity index (χ0v) is 7.66. The highest BCUT2D eigenvalue weighted by atomic mass is 35.5. The molecule has 0 spiro atoms. The molecule has 0 unspecified atom stereocenters. The lowest BCUT2D eigenvalue weighted by atomic mass is 10.1. The van der Waals surface area contributed by atoms with Crippen LogP contribution in [0.25, 0.3) is 0 Å². The van der Waals surface area contributed by atoms with Crippen LogP contribution in [-0.2, 0) is 0 Å². The maximum absolute atomic E-state index is 9.26. The van der Waals surface area contributed by atoms with E-state index in [1.165, 1.54) is 6.07 Å². The molecule has 1 aromatic carbocycles. The van der Waals surface area contributed by atoms with Crippen LogP contribution in [0.5, 0.6) is 11.5 Å². The highest BCUT2D eigenvalue weighted by Crippen LogP contribution is 2.31. The number of aliphatic hydroxyl groups excluding tert-OH is 1. The van der Waals surface area contributed by atoms with Gasteiger partial charge in [-0.25, -0.2) is 0 Å². The summed E-state index contributed by atoms with van der Waals surface area (Å²) in [6.07, 6.45) is 0. The molecule has 0 aliphatic carbocycles. The normalized spacial score (nSPS) is 11.8. The Morgan fingerprint density at radius 1 is 1.31 bits per heavy atom. The van der Waals surface area contributed by atoms with Gasteiger partial charge in [-0.2, -0.15) is 0 Å². The molecule has 0 amide bonds. The van der Waals surface area contributed by atoms with Crippen molar-refractivity contribution >= 4 is 12.4 Å². The quantitative estimate of drug-likeness (QED) is 0.530. The lowest BCUT2D eigenvalue weighted by molar-refractivity contribution is 0.264. The summed E-state index contributed by atoms with van der Waals surface area (Å²) in [5.41, 5.74) is 5.79. The third-order valence-corrected chi connectivity index (χ3v) is 1.64. The molecule has 1 atom stereocenters. The first-order valence-electron chi connectivity index (χ1n) is 3.54. The van der Waals surface area contributed by atoms with E-state index in [1.54, 1.807) is 12.1 Å². The van der Waals surface area contributed by atoms with Gasteiger partial charge in [-0.05, 0) is 6.07 Å². The average molecular weight is 206 g/mol. The first-order chi connectivity index (χ1) is 5.66. The first kappa shape index (κ1) is 12.0. The van der Waals surface area contributed by atoms with E-state index in [9.17, 15) is 5.11 Å². The molecule has 74 valence electrons. The van der Waals surface area contributed by atoms with Crippen LogP contribution >= 0.6 is 12.4 Å². The van der Waals surface area contributed by atoms with Gasteiger partial charge in [0, 0.05) is 5.56 Å². The molecule has 0 heterocycles. The predicted octanol–water partition coefficient (Wildman–Crippen LogP) is 0.512. The van der Waals surface area contributed by atoms with Crippen molar-refractivity contribution in [3.8, 4) is 11.5 Å². The van der Waals surface area contributed by atoms with Gasteiger partial charge in [0.05, 0.1) is 12.6 Å². The van der Waals surface area contributed by atoms with Crippen molar-refractivity contribution in [2.45, 2.75) is 6.04 Å². The van der Waals surface area contributed by atoms with Crippen LogP contribution in [-0.4, -0.2) is 21.9 Å². The number of phenolic OH excluding ortho intramolecular Hbond substituents is 2. The fraction of sp³-hybridized carbons (Fsp3) is 0.250. The zero-order chi connectivity index (χ0) is 9.14. The number of halogens is 1. The number of para-hydroxylation sites is 1. The van der Waals surface area contributed by atoms with Gasteiger partial charge in [0.2, 0.25) is 0 Å². The Bertz CT molecular complexity index is 280. The number of aromatic hydroxyl groups is 2. The van der Waals surface area contributed by atoms with Crippen molar-refractivity contribution in [1.29, 1.82) is 0 Å². The second-order valence-electron chi connectivity index (χ2n) is 2.50. The molecule has 0 aromatic heterocycles. The van der Waals surface area contributed by atoms with Crippen LogP contribution in [0.15, 0.2) is 18.2 Å². The molecule has 4 nitrogen and oxygen atoms in total. The predicted molar refractivity (Wildman–Crippen MR) is 51.0 cm³/mol. The fourth-order valence-electron chi connectivity index (χ4n) is 0.946. The van der Waals surface area contributed by atoms with Crippen molar-refractivity contribution < 1.29 is 15.3 Å². The van der Waals surface area contributed by atoms with E-state index in [-0.39, 0.29) is 30.5 Å². The molecular formula is C8H12ClNO3. The van der Waals surface area contributed by atoms with Gasteiger partial charge in [0.1, 0.15) is 0 Å². The third kappa shape index (κ3) is 2.48. The van der Waals surface area contributed by atoms with Crippen LogP contribution in [0.2, 0.25) is 0 Å². The fourth-order valence-corrected chi connectivity index (χ4v) is 0.946. The number of phenols is 2. The smallest absolute Gasteiger partial charge is 0.162 e. The van der Waals surface area contributed by atoms with E-state index < -0.39 is 6.04 Å². The number of rotatable bonds is 2. The zero-order valence-electron chi connectivity index (χ0n) is 6.84. The first-order valence-corrected chi connectivity index (χ1v) is 3.54. The van der Waals surface area contributed by atoms with E-state index in [0.29, 0.717) is 5.56 Å². The number of nitrogens with two attached hydrogens (primary N) is 1. The summed E-state index contributed by atoms with van der Waals surface area (Å²) in [7, 11) is 0. The van der Waals surface area contributed by atoms with E-state index >= 15 is 0 Å². The summed E-state index contributed by atoms with van der Waals surface area (Å²) in [6, 6.07) is 3.80. The van der Waals surface area contributed by atoms with Crippen LogP contribution in [0.3, 0.4) is 0 Å². The molecule has 0 saturated heterocycles. The molecule has 0 aliphatic heterocycles. The Balaban J connectivity index is 0.00000144. The molecule has 1 aromatic rings. The summed E-state index contributed by atoms with van der Waals surface area (Å²) >= 11 is 0. The van der Waals surface area contributed by atoms with Gasteiger partial charge in [-0.1, -0.05) is 12.1 Å². The second kappa shape index (κ2) is 4.91. The highest BCUT2D eigenvalue weighted by molar-refractivity contribution is 5.85. The minimum Gasteiger partial charge on any atom is -0.504 e. The third-order valence-electron chi connectivity index (χ3n) is 1.64. The minimum atomic E-state index is -0.655. The average Bonchev–Trinajstić information content (AvgIpc) is 2.08. The molecule has 5 N–H and O–H groups in total. The lowest BCUT2D eigenvalue weighted by Gasteiger charge is -2.10. The Kier molecular flexibility index (Phi) is 4.55. The van der Waals surface area contributed by atoms with Gasteiger partial charge in [0.25, 0.3) is 0 Å². The number of benzene rings is 1. The summed E-state index contributed by atoms with van der Waals surface area (Å²) < 4.78 is 0. The van der Waals surface area contributed by atoms with E-state index in [2.05, 4.69) is 0 Å². The van der Waals surface area contributed by atoms with Gasteiger partial charge < -0.3 is 21.1 Å². The molecule has 0 saturated carbocycles. The summed E-state index contributed by atoms with van der Waals surface area (Å²) in [5, 5.41) is 27.0. The van der Waals surface area contributed by atoms with Crippen molar-refractivity contribution in [3.05, 3.63) is 23.8 Å². The molecule has 0 fully saturated rings. The summed E-state index contributed by atoms with van der Waals surface area (Å²) in [5.74, 6) is -0.490. The Morgan fingerprint density at radius 3 is 2.46 bits per heavy atom. The topological polar surface area (TPSA) is 86.7 Å². The maximum atomic E-state index is 9.26. The Morgan fingerprint density at radius 2 is 1.92 bits per heavy atom. The van der Waals surface area contributed by atoms with Crippen molar-refractivity contribution in [1.82, 2.24) is 0 Å². The number of hydrogen-bond donors (Lipinski definition) is 4. The number of aliphatic hydroxyl groups is 1. The second-order valence-corrected chi connectivity index (χ2v) is 2.50. The van der Waals surface area contributed by atoms with Crippen LogP contribution in [0.1, 0.15) is 11.6 Å². The summed E-state index contributed by atoms with van der Waals surface area (Å²) in [4.78, 5) is 0. The summed E-state index contributed by atoms with van der Waals surface area (Å²) in [6.45, 7) is -0.267. The molecule has 0 bridgehead atoms. The maximum Gasteiger partial charge on any atom is 0.162 e. The van der Waals surface area contributed by atoms with Crippen LogP contribution in [0.4, 0.5) is 0 Å². The van der Waals surface area contributed by atoms with E-state index in [0.717, 1.165) is 0 Å². The van der Waals surface area contributed by atoms with Crippen LogP contribution < -0.4 is 5.73 Å². The van der Waals surface area contributed by atoms with Gasteiger partial charge in [-0.3, -0.25) is 0 Å². The van der Waals surface area contributed by atoms with Crippen molar-refractivity contribution in [2.75, 3.05) is 6.61 Å². The lowest BCUT2D eigenvalue weighted by Crippen LogP contribution is -2.14. The minimum absolute atomic E-state index is 0. The monoisotopic (exact) mass is 205 g/mol. The standard InChI is InChI=1S/C8H11NO3.ClH/c9-6(4-10)5-2-1-3-7(11)8(5)12;/h1-3,6,10-12H,4,9H2;1H/t6-;/m0./s1. The van der Waals surface area contributed by atoms with E-state index in [4.69, 9.17) is 15.9 Å². The SMILES string of the molecule is Cl.N[C@@H](CO)c1cccc(O)c1O. The van der Waals surface area contributed by atoms with E-state index in [1.807, 2.05) is 0 Å². The van der Waals surface area contributed by atoms with Crippen molar-refractivity contribution in [2.24, 2.45) is 5.73 Å². The number of hydrogen-bond acceptors (Lipinski definition) is 4. The largest absolute Gasteiger partial charge is 0.504 e. The van der Waals surface area contributed by atoms with Crippen molar-refractivity contribution in [3.63, 3.8) is 0 Å². The molecular weight excluding hydrogens is 194 g/mol. The molecule has 0 aliphatic rings. The Hall–Kier alpha value is -0.970. The van der Waals surface area contributed by atoms with Gasteiger partial charge in [-0.15, -0.1) is 12.4 Å². The Labute approximate surface area is 82.0 Å². The van der Waals surface area contributed by atoms with Gasteiger partial charge >= 0.3 is 0 Å². The highest BCUT2D eigenvalue weighted by Gasteiger charge is 2.11. The van der Waals surface area contributed by atoms with Gasteiger partial charge in [0.15, 0.2) is 11.5 Å². The van der Waals surface area contributed by atoms with Crippen LogP contribution in [0, 0.1) is 0 Å². The molecule has 0 radical (unpaired) electrons. The molecule has 5 heteroatoms. The molecule has 13 heavy (non-hydrogen) atoms. The molecule has 1 rings (SSSR count).